The van der Waals surface area contributed by atoms with Gasteiger partial charge in [-0.2, -0.15) is 0 Å². The summed E-state index contributed by atoms with van der Waals surface area (Å²) in [6, 6.07) is 3.08. The topological polar surface area (TPSA) is 71.0 Å². The lowest BCUT2D eigenvalue weighted by atomic mass is 9.93. The largest absolute Gasteiger partial charge is 0.495 e. The van der Waals surface area contributed by atoms with Crippen molar-refractivity contribution in [2.24, 2.45) is 0 Å². The number of nitrogens with one attached hydrogen (secondary N) is 1. The van der Waals surface area contributed by atoms with Crippen molar-refractivity contribution >= 4 is 23.3 Å². The van der Waals surface area contributed by atoms with Gasteiger partial charge in [-0.3, -0.25) is 0 Å². The quantitative estimate of drug-likeness (QED) is 0.818. The number of hydrogen-bond acceptors (Lipinski definition) is 4. The first kappa shape index (κ1) is 18.7. The molecule has 134 valence electrons. The number of amides is 2. The van der Waals surface area contributed by atoms with Gasteiger partial charge in [0.2, 0.25) is 0 Å². The van der Waals surface area contributed by atoms with Crippen molar-refractivity contribution in [3.05, 3.63) is 17.2 Å². The van der Waals surface area contributed by atoms with Crippen molar-refractivity contribution in [1.82, 2.24) is 4.90 Å². The fraction of sp³-hybridized carbons (Fsp3) is 0.588. The minimum Gasteiger partial charge on any atom is -0.495 e. The zero-order valence-corrected chi connectivity index (χ0v) is 15.2. The van der Waals surface area contributed by atoms with Crippen LogP contribution in [-0.4, -0.2) is 48.9 Å². The molecule has 0 saturated carbocycles. The molecule has 1 heterocycles. The second-order valence-electron chi connectivity index (χ2n) is 6.20. The molecule has 0 aromatic heterocycles. The summed E-state index contributed by atoms with van der Waals surface area (Å²) in [7, 11) is 3.05. The number of nitrogens with zero attached hydrogens (tertiary/aromatic N) is 1. The molecular weight excluding hydrogens is 332 g/mol. The first-order valence-electron chi connectivity index (χ1n) is 8.06. The maximum Gasteiger partial charge on any atom is 0.322 e. The number of anilines is 1. The number of benzene rings is 1. The van der Waals surface area contributed by atoms with E-state index in [0.29, 0.717) is 35.2 Å². The zero-order chi connectivity index (χ0) is 17.7. The normalized spacial score (nSPS) is 20.1. The van der Waals surface area contributed by atoms with E-state index in [1.54, 1.807) is 12.1 Å². The molecule has 0 spiro atoms. The van der Waals surface area contributed by atoms with E-state index in [-0.39, 0.29) is 18.2 Å². The van der Waals surface area contributed by atoms with Crippen LogP contribution in [0.2, 0.25) is 5.02 Å². The Morgan fingerprint density at radius 1 is 1.38 bits per heavy atom. The summed E-state index contributed by atoms with van der Waals surface area (Å²) in [5.74, 6) is 0.973. The van der Waals surface area contributed by atoms with E-state index in [1.165, 1.54) is 14.2 Å². The zero-order valence-electron chi connectivity index (χ0n) is 14.4. The molecule has 2 N–H and O–H groups in total. The molecule has 1 aromatic carbocycles. The number of carbonyl (C=O) groups excluding carboxylic acids is 1. The van der Waals surface area contributed by atoms with Gasteiger partial charge in [-0.1, -0.05) is 11.6 Å². The van der Waals surface area contributed by atoms with Gasteiger partial charge in [0.1, 0.15) is 11.5 Å². The van der Waals surface area contributed by atoms with Gasteiger partial charge in [0, 0.05) is 24.8 Å². The Balaban J connectivity index is 2.18. The summed E-state index contributed by atoms with van der Waals surface area (Å²) in [4.78, 5) is 14.6. The number of likely N-dealkylation sites (tertiary alicyclic amines) is 1. The summed E-state index contributed by atoms with van der Waals surface area (Å²) >= 11 is 6.15. The van der Waals surface area contributed by atoms with Crippen molar-refractivity contribution in [2.75, 3.05) is 32.7 Å². The van der Waals surface area contributed by atoms with E-state index >= 15 is 0 Å². The summed E-state index contributed by atoms with van der Waals surface area (Å²) in [6.07, 6.45) is 3.34. The number of aliphatic hydroxyl groups is 1. The van der Waals surface area contributed by atoms with Crippen LogP contribution in [0.25, 0.3) is 0 Å². The Hall–Kier alpha value is -1.66. The average molecular weight is 357 g/mol. The second kappa shape index (κ2) is 7.94. The molecule has 1 aromatic rings. The van der Waals surface area contributed by atoms with Gasteiger partial charge in [-0.25, -0.2) is 4.79 Å². The van der Waals surface area contributed by atoms with Crippen molar-refractivity contribution in [3.8, 4) is 11.5 Å². The van der Waals surface area contributed by atoms with E-state index < -0.39 is 0 Å². The van der Waals surface area contributed by atoms with Crippen LogP contribution in [0.4, 0.5) is 10.5 Å². The first-order chi connectivity index (χ1) is 11.4. The average Bonchev–Trinajstić information content (AvgIpc) is 2.95. The Morgan fingerprint density at radius 2 is 2.08 bits per heavy atom. The van der Waals surface area contributed by atoms with Crippen LogP contribution in [-0.2, 0) is 0 Å². The maximum atomic E-state index is 12.7. The highest BCUT2D eigenvalue weighted by molar-refractivity contribution is 6.32. The maximum absolute atomic E-state index is 12.7. The molecule has 2 rings (SSSR count). The number of urea groups is 1. The van der Waals surface area contributed by atoms with Crippen LogP contribution in [0.1, 0.15) is 32.6 Å². The van der Waals surface area contributed by atoms with E-state index in [9.17, 15) is 4.79 Å². The van der Waals surface area contributed by atoms with Gasteiger partial charge >= 0.3 is 6.03 Å². The van der Waals surface area contributed by atoms with Crippen LogP contribution in [0.5, 0.6) is 11.5 Å². The van der Waals surface area contributed by atoms with Crippen LogP contribution in [0.3, 0.4) is 0 Å². The molecule has 1 aliphatic rings. The van der Waals surface area contributed by atoms with E-state index in [4.69, 9.17) is 26.2 Å². The molecule has 0 unspecified atom stereocenters. The molecule has 6 nitrogen and oxygen atoms in total. The molecule has 1 saturated heterocycles. The van der Waals surface area contributed by atoms with Crippen LogP contribution >= 0.6 is 11.6 Å². The highest BCUT2D eigenvalue weighted by atomic mass is 35.5. The molecule has 1 fully saturated rings. The molecule has 0 aliphatic carbocycles. The van der Waals surface area contributed by atoms with Crippen LogP contribution in [0, 0.1) is 0 Å². The summed E-state index contributed by atoms with van der Waals surface area (Å²) < 4.78 is 10.5. The molecule has 2 amide bonds. The lowest BCUT2D eigenvalue weighted by Gasteiger charge is -2.35. The fourth-order valence-electron chi connectivity index (χ4n) is 3.23. The van der Waals surface area contributed by atoms with Crippen LogP contribution < -0.4 is 14.8 Å². The third-order valence-electron chi connectivity index (χ3n) is 4.58. The first-order valence-corrected chi connectivity index (χ1v) is 8.44. The number of ether oxygens (including phenoxy) is 2. The van der Waals surface area contributed by atoms with Crippen molar-refractivity contribution in [1.29, 1.82) is 0 Å². The fourth-order valence-corrected chi connectivity index (χ4v) is 3.47. The van der Waals surface area contributed by atoms with E-state index in [1.807, 2.05) is 4.90 Å². The molecule has 7 heteroatoms. The van der Waals surface area contributed by atoms with Gasteiger partial charge in [0.25, 0.3) is 0 Å². The number of carbonyl (C=O) groups is 1. The molecule has 0 bridgehead atoms. The molecular formula is C17H25ClN2O4. The third kappa shape index (κ3) is 3.87. The highest BCUT2D eigenvalue weighted by Crippen LogP contribution is 2.38. The minimum absolute atomic E-state index is 0.132. The number of methoxy groups -OCH3 is 2. The van der Waals surface area contributed by atoms with Crippen molar-refractivity contribution < 1.29 is 19.4 Å². The number of halogens is 1. The SMILES string of the molecule is COc1cc(OC)c(NC(=O)N2CCC[C@]2(C)CCCO)cc1Cl. The summed E-state index contributed by atoms with van der Waals surface area (Å²) in [5.41, 5.74) is 0.265. The Kier molecular flexibility index (Phi) is 6.18. The van der Waals surface area contributed by atoms with Gasteiger partial charge < -0.3 is 24.8 Å². The summed E-state index contributed by atoms with van der Waals surface area (Å²) in [5, 5.41) is 12.4. The van der Waals surface area contributed by atoms with E-state index in [0.717, 1.165) is 19.3 Å². The smallest absolute Gasteiger partial charge is 0.322 e. The third-order valence-corrected chi connectivity index (χ3v) is 4.88. The lowest BCUT2D eigenvalue weighted by Crippen LogP contribution is -2.47. The van der Waals surface area contributed by atoms with Gasteiger partial charge in [-0.15, -0.1) is 0 Å². The Morgan fingerprint density at radius 3 is 2.71 bits per heavy atom. The number of aliphatic hydroxyl groups excluding tert-OH is 1. The van der Waals surface area contributed by atoms with Gasteiger partial charge in [0.15, 0.2) is 0 Å². The summed E-state index contributed by atoms with van der Waals surface area (Å²) in [6.45, 7) is 2.89. The number of rotatable bonds is 6. The van der Waals surface area contributed by atoms with E-state index in [2.05, 4.69) is 12.2 Å². The lowest BCUT2D eigenvalue weighted by molar-refractivity contribution is 0.151. The Bertz CT molecular complexity index is 596. The van der Waals surface area contributed by atoms with Crippen molar-refractivity contribution in [3.63, 3.8) is 0 Å². The number of hydrogen-bond donors (Lipinski definition) is 2. The standard InChI is InChI=1S/C17H25ClN2O4/c1-17(7-5-9-21)6-4-8-20(17)16(22)19-13-10-12(18)14(23-2)11-15(13)24-3/h10-11,21H,4-9H2,1-3H3,(H,19,22)/t17-/m1/s1. The molecule has 24 heavy (non-hydrogen) atoms. The predicted molar refractivity (Wildman–Crippen MR) is 94.2 cm³/mol. The minimum atomic E-state index is -0.240. The van der Waals surface area contributed by atoms with Crippen LogP contribution in [0.15, 0.2) is 12.1 Å². The molecule has 1 atom stereocenters. The van der Waals surface area contributed by atoms with Gasteiger partial charge in [-0.05, 0) is 38.7 Å². The van der Waals surface area contributed by atoms with Gasteiger partial charge in [0.05, 0.1) is 24.9 Å². The second-order valence-corrected chi connectivity index (χ2v) is 6.60. The molecule has 0 radical (unpaired) electrons. The predicted octanol–water partition coefficient (Wildman–Crippen LogP) is 3.52. The monoisotopic (exact) mass is 356 g/mol. The Labute approximate surface area is 147 Å². The molecule has 1 aliphatic heterocycles. The van der Waals surface area contributed by atoms with Crippen molar-refractivity contribution in [2.45, 2.75) is 38.1 Å². The highest BCUT2D eigenvalue weighted by Gasteiger charge is 2.39.